The fraction of sp³-hybridized carbons (Fsp3) is 0.571. The number of nitrogens with two attached hydrogens (primary N) is 1. The topological polar surface area (TPSA) is 283 Å². The maximum absolute atomic E-state index is 16.3. The summed E-state index contributed by atoms with van der Waals surface area (Å²) in [6.45, 7) is 15.8. The quantitative estimate of drug-likeness (QED) is 0.0193. The SMILES string of the molecule is C=C(CBr)C(=O)CCCCCCC(=O)C[C@H](C(=O)N[C@@H](CCCNC(N)=O)C(=O)Cc1cc(Cl)c(C(=O)N(C)[C@@H](C)C(=O)O[C@H]2CC(=O)N(C)c3cc(cc(C)c3Cl)C/C(C)=C/C=C/[C@@H](OC)[C@@]3(O)C[C@H](OC(=O)N3)[C@@H](C)[C@@H]3O[C@@]23C)cc1F)C(C)C. The molecule has 478 valence electrons. The number of methoxy groups -OCH3 is 1. The number of alkyl carbamates (subject to hydrolysis) is 1. The summed E-state index contributed by atoms with van der Waals surface area (Å²) in [5, 5.41) is 20.1. The van der Waals surface area contributed by atoms with E-state index in [9.17, 15) is 48.3 Å². The summed E-state index contributed by atoms with van der Waals surface area (Å²) in [7, 11) is 4.20. The molecule has 20 nitrogen and oxygen atoms in total. The number of primary amides is 1. The third-order valence-corrected chi connectivity index (χ3v) is 18.1. The van der Waals surface area contributed by atoms with Gasteiger partial charge in [-0.05, 0) is 106 Å². The summed E-state index contributed by atoms with van der Waals surface area (Å²) >= 11 is 16.8. The average Bonchev–Trinajstić information content (AvgIpc) is 1.61. The first-order chi connectivity index (χ1) is 40.8. The summed E-state index contributed by atoms with van der Waals surface area (Å²) in [6, 6.07) is 2.21. The maximum atomic E-state index is 16.3. The number of halogens is 4. The van der Waals surface area contributed by atoms with Gasteiger partial charge in [-0.3, -0.25) is 34.1 Å². The Hall–Kier alpha value is -6.04. The number of hydrogen-bond acceptors (Lipinski definition) is 14. The number of ketones is 3. The number of likely N-dealkylation sites (N-methyl/N-ethyl adjacent to an activating group) is 1. The van der Waals surface area contributed by atoms with Gasteiger partial charge in [0, 0.05) is 77.0 Å². The van der Waals surface area contributed by atoms with E-state index in [1.165, 1.54) is 33.0 Å². The number of Topliss-reactive ketones (excluding diaryl/α,β-unsaturated/α-hetero) is 3. The molecule has 2 saturated heterocycles. The molecule has 3 aliphatic rings. The molecule has 3 aliphatic heterocycles. The van der Waals surface area contributed by atoms with Crippen LogP contribution in [0, 0.1) is 30.5 Å². The van der Waals surface area contributed by atoms with Crippen molar-refractivity contribution in [1.29, 1.82) is 0 Å². The molecular formula is C63H84BrCl2FN6O14. The number of anilines is 1. The molecule has 0 aliphatic carbocycles. The van der Waals surface area contributed by atoms with Crippen molar-refractivity contribution < 1.29 is 71.6 Å². The van der Waals surface area contributed by atoms with E-state index in [0.29, 0.717) is 59.3 Å². The van der Waals surface area contributed by atoms with E-state index in [1.54, 1.807) is 45.9 Å². The number of nitrogens with one attached hydrogen (secondary N) is 3. The Morgan fingerprint density at radius 1 is 1.03 bits per heavy atom. The minimum atomic E-state index is -1.92. The van der Waals surface area contributed by atoms with Crippen LogP contribution in [0.5, 0.6) is 0 Å². The van der Waals surface area contributed by atoms with Crippen molar-refractivity contribution in [2.45, 2.75) is 180 Å². The predicted octanol–water partition coefficient (Wildman–Crippen LogP) is 9.06. The molecule has 0 unspecified atom stereocenters. The second-order valence-electron chi connectivity index (χ2n) is 23.7. The normalized spacial score (nSPS) is 24.2. The van der Waals surface area contributed by atoms with Crippen LogP contribution in [0.15, 0.2) is 60.2 Å². The van der Waals surface area contributed by atoms with E-state index < -0.39 is 120 Å². The zero-order chi connectivity index (χ0) is 64.8. The van der Waals surface area contributed by atoms with Crippen LogP contribution in [0.4, 0.5) is 19.7 Å². The molecular weight excluding hydrogens is 1230 g/mol. The molecule has 0 radical (unpaired) electrons. The minimum Gasteiger partial charge on any atom is -0.457 e. The van der Waals surface area contributed by atoms with Gasteiger partial charge >= 0.3 is 18.1 Å². The maximum Gasteiger partial charge on any atom is 0.409 e. The number of fused-ring (bicyclic) bond motifs is 5. The number of esters is 1. The largest absolute Gasteiger partial charge is 0.457 e. The third kappa shape index (κ3) is 19.2. The number of carbonyl (C=O) groups is 9. The van der Waals surface area contributed by atoms with E-state index in [4.69, 9.17) is 47.9 Å². The van der Waals surface area contributed by atoms with Crippen LogP contribution >= 0.6 is 39.1 Å². The Labute approximate surface area is 527 Å². The molecule has 6 N–H and O–H groups in total. The van der Waals surface area contributed by atoms with Gasteiger partial charge in [-0.15, -0.1) is 0 Å². The van der Waals surface area contributed by atoms with Crippen molar-refractivity contribution in [1.82, 2.24) is 20.9 Å². The zero-order valence-corrected chi connectivity index (χ0v) is 54.4. The summed E-state index contributed by atoms with van der Waals surface area (Å²) in [5.74, 6) is -6.56. The van der Waals surface area contributed by atoms with Crippen molar-refractivity contribution in [3.05, 3.63) is 98.3 Å². The monoisotopic (exact) mass is 1320 g/mol. The molecule has 0 saturated carbocycles. The first kappa shape index (κ1) is 71.7. The Kier molecular flexibility index (Phi) is 26.3. The van der Waals surface area contributed by atoms with Crippen LogP contribution in [-0.4, -0.2) is 144 Å². The number of aliphatic hydroxyl groups is 1. The average molecular weight is 1320 g/mol. The molecule has 24 heteroatoms. The van der Waals surface area contributed by atoms with Gasteiger partial charge in [0.15, 0.2) is 17.3 Å². The minimum absolute atomic E-state index is 0.00141. The van der Waals surface area contributed by atoms with Crippen LogP contribution in [0.2, 0.25) is 10.0 Å². The summed E-state index contributed by atoms with van der Waals surface area (Å²) in [4.78, 5) is 123. The van der Waals surface area contributed by atoms with Crippen molar-refractivity contribution in [2.24, 2.45) is 23.5 Å². The molecule has 6 amide bonds. The third-order valence-electron chi connectivity index (χ3n) is 16.6. The number of nitrogens with zero attached hydrogens (tertiary/aromatic N) is 2. The first-order valence-electron chi connectivity index (χ1n) is 29.3. The second-order valence-corrected chi connectivity index (χ2v) is 25.0. The van der Waals surface area contributed by atoms with Crippen LogP contribution in [0.1, 0.15) is 139 Å². The fourth-order valence-electron chi connectivity index (χ4n) is 10.9. The van der Waals surface area contributed by atoms with Crippen LogP contribution < -0.4 is 26.6 Å². The number of rotatable bonds is 26. The molecule has 0 spiro atoms. The number of allylic oxidation sites excluding steroid dienone is 4. The highest BCUT2D eigenvalue weighted by Crippen LogP contribution is 2.49. The number of unbranched alkanes of at least 4 members (excludes halogenated alkanes) is 3. The van der Waals surface area contributed by atoms with E-state index >= 15 is 4.39 Å². The second kappa shape index (κ2) is 31.9. The molecule has 5 rings (SSSR count). The molecule has 2 aromatic rings. The van der Waals surface area contributed by atoms with Gasteiger partial charge in [0.05, 0.1) is 39.9 Å². The van der Waals surface area contributed by atoms with Crippen molar-refractivity contribution in [3.8, 4) is 0 Å². The van der Waals surface area contributed by atoms with Crippen molar-refractivity contribution in [3.63, 3.8) is 0 Å². The van der Waals surface area contributed by atoms with Gasteiger partial charge in [0.2, 0.25) is 11.8 Å². The number of amides is 6. The number of hydrogen-bond donors (Lipinski definition) is 5. The van der Waals surface area contributed by atoms with Crippen LogP contribution in [-0.2, 0) is 60.6 Å². The molecule has 2 aromatic carbocycles. The predicted molar refractivity (Wildman–Crippen MR) is 331 cm³/mol. The molecule has 10 atom stereocenters. The standard InChI is InChI=1S/C63H84BrCl2FN6O14/c1-34(2)43(29-42(74)19-14-12-13-15-21-49(75)37(5)33-64)57(78)70-47(20-17-23-69-60(68)81)50(76)28-41-27-45(65)44(30-46(41)67)58(79)72(9)39(7)59(80)86-53-31-54(77)73(10)48-26-40(25-36(4)55(48)66)24-35(3)18-16-22-52(84-11)63(83)32-51(85-61(82)71-63)38(6)56-62(53,8)87-56/h16,18,22,25-27,30,34,38-39,43,47,51-53,56,83H,5,12-15,17,19-21,23-24,28-29,31-33H2,1-4,6-11H3,(H,70,78)(H,71,82)(H3,68,69,81)/b22-16+,35-18+/t38-,39+,43+,47+,51+,52-,53+,56+,62+,63+/m1/s1. The highest BCUT2D eigenvalue weighted by molar-refractivity contribution is 9.09. The van der Waals surface area contributed by atoms with Gasteiger partial charge < -0.3 is 50.2 Å². The van der Waals surface area contributed by atoms with E-state index in [2.05, 4.69) is 38.5 Å². The Morgan fingerprint density at radius 3 is 2.36 bits per heavy atom. The number of ether oxygens (including phenoxy) is 4. The molecule has 0 aromatic heterocycles. The number of carbonyl (C=O) groups excluding carboxylic acids is 9. The first-order valence-corrected chi connectivity index (χ1v) is 31.2. The lowest BCUT2D eigenvalue weighted by Gasteiger charge is -2.42. The van der Waals surface area contributed by atoms with Gasteiger partial charge in [-0.1, -0.05) is 109 Å². The lowest BCUT2D eigenvalue weighted by molar-refractivity contribution is -0.158. The smallest absolute Gasteiger partial charge is 0.409 e. The summed E-state index contributed by atoms with van der Waals surface area (Å²) in [5.41, 5.74) is 4.66. The molecule has 4 bridgehead atoms. The zero-order valence-electron chi connectivity index (χ0n) is 51.3. The van der Waals surface area contributed by atoms with Crippen LogP contribution in [0.3, 0.4) is 0 Å². The number of urea groups is 1. The molecule has 3 heterocycles. The highest BCUT2D eigenvalue weighted by Gasteiger charge is 2.64. The van der Waals surface area contributed by atoms with Crippen molar-refractivity contribution >= 4 is 98.0 Å². The molecule has 87 heavy (non-hydrogen) atoms. The van der Waals surface area contributed by atoms with Gasteiger partial charge in [0.25, 0.3) is 5.91 Å². The Balaban J connectivity index is 1.33. The lowest BCUT2D eigenvalue weighted by atomic mass is 9.83. The lowest BCUT2D eigenvalue weighted by Crippen LogP contribution is -2.63. The number of alkyl halides is 1. The Bertz CT molecular complexity index is 3000. The number of aryl methyl sites for hydroxylation is 1. The van der Waals surface area contributed by atoms with E-state index in [1.807, 2.05) is 26.0 Å². The van der Waals surface area contributed by atoms with Gasteiger partial charge in [-0.25, -0.2) is 18.8 Å². The van der Waals surface area contributed by atoms with Crippen LogP contribution in [0.25, 0.3) is 0 Å². The molecule has 2 fully saturated rings. The number of epoxide rings is 1. The summed E-state index contributed by atoms with van der Waals surface area (Å²) in [6.07, 6.45) is 2.76. The fourth-order valence-corrected chi connectivity index (χ4v) is 11.7. The van der Waals surface area contributed by atoms with Crippen molar-refractivity contribution in [2.75, 3.05) is 38.0 Å². The van der Waals surface area contributed by atoms with E-state index in [0.717, 1.165) is 34.6 Å². The number of benzene rings is 2. The van der Waals surface area contributed by atoms with Gasteiger partial charge in [-0.2, -0.15) is 0 Å². The Morgan fingerprint density at radius 2 is 1.71 bits per heavy atom. The van der Waals surface area contributed by atoms with Gasteiger partial charge in [0.1, 0.15) is 41.6 Å². The summed E-state index contributed by atoms with van der Waals surface area (Å²) < 4.78 is 40.1. The van der Waals surface area contributed by atoms with E-state index in [-0.39, 0.29) is 72.3 Å². The highest BCUT2D eigenvalue weighted by atomic mass is 79.9.